The van der Waals surface area contributed by atoms with Crippen LogP contribution in [0.1, 0.15) is 11.1 Å². The van der Waals surface area contributed by atoms with Crippen LogP contribution in [0.15, 0.2) is 62.8 Å². The zero-order chi connectivity index (χ0) is 22.3. The molecule has 0 amide bonds. The van der Waals surface area contributed by atoms with Gasteiger partial charge in [0.05, 0.1) is 22.8 Å². The van der Waals surface area contributed by atoms with Crippen LogP contribution in [0.2, 0.25) is 5.02 Å². The van der Waals surface area contributed by atoms with Crippen LogP contribution in [-0.4, -0.2) is 24.4 Å². The molecule has 0 saturated carbocycles. The molecule has 0 aliphatic heterocycles. The zero-order valence-electron chi connectivity index (χ0n) is 15.4. The standard InChI is InChI=1S/C19H12ClF3N4O4/c20-13-7-11(15(28)8-14(13)26-6-5-24-17(26)29)9-27-18(30)31-16(25-27)10-1-3-12(4-2-10)19(21,22)23/h1-8,28H,9H2,(H,24,29). The molecule has 2 aromatic carbocycles. The summed E-state index contributed by atoms with van der Waals surface area (Å²) in [5.74, 6) is -1.31. The normalized spacial score (nSPS) is 11.7. The highest BCUT2D eigenvalue weighted by molar-refractivity contribution is 6.32. The molecule has 2 heterocycles. The molecule has 0 atom stereocenters. The summed E-state index contributed by atoms with van der Waals surface area (Å²) in [6.07, 6.45) is -1.66. The predicted octanol–water partition coefficient (Wildman–Crippen LogP) is 3.41. The highest BCUT2D eigenvalue weighted by Crippen LogP contribution is 2.31. The average Bonchev–Trinajstić information content (AvgIpc) is 3.29. The van der Waals surface area contributed by atoms with Gasteiger partial charge in [-0.05, 0) is 30.3 Å². The summed E-state index contributed by atoms with van der Waals surface area (Å²) in [6, 6.07) is 6.59. The van der Waals surface area contributed by atoms with Crippen LogP contribution in [0.4, 0.5) is 13.2 Å². The van der Waals surface area contributed by atoms with Gasteiger partial charge in [0.2, 0.25) is 5.89 Å². The summed E-state index contributed by atoms with van der Waals surface area (Å²) in [5.41, 5.74) is -0.686. The molecule has 2 aromatic heterocycles. The minimum absolute atomic E-state index is 0.133. The van der Waals surface area contributed by atoms with Crippen molar-refractivity contribution >= 4 is 11.6 Å². The molecule has 8 nitrogen and oxygen atoms in total. The molecule has 0 unspecified atom stereocenters. The molecular weight excluding hydrogens is 441 g/mol. The Balaban J connectivity index is 1.63. The second-order valence-electron chi connectivity index (χ2n) is 6.47. The first-order valence-corrected chi connectivity index (χ1v) is 9.04. The zero-order valence-corrected chi connectivity index (χ0v) is 16.1. The van der Waals surface area contributed by atoms with Crippen LogP contribution in [-0.2, 0) is 12.7 Å². The summed E-state index contributed by atoms with van der Waals surface area (Å²) >= 11 is 6.22. The van der Waals surface area contributed by atoms with Crippen LogP contribution < -0.4 is 11.4 Å². The van der Waals surface area contributed by atoms with E-state index in [2.05, 4.69) is 10.1 Å². The van der Waals surface area contributed by atoms with Crippen molar-refractivity contribution in [3.63, 3.8) is 0 Å². The minimum Gasteiger partial charge on any atom is -0.508 e. The molecule has 0 aliphatic rings. The maximum absolute atomic E-state index is 12.7. The Morgan fingerprint density at radius 2 is 1.87 bits per heavy atom. The van der Waals surface area contributed by atoms with Crippen LogP contribution in [0, 0.1) is 0 Å². The first kappa shape index (κ1) is 20.5. The Hall–Kier alpha value is -3.73. The SMILES string of the molecule is O=c1[nH]ccn1-c1cc(O)c(Cn2nc(-c3ccc(C(F)(F)F)cc3)oc2=O)cc1Cl. The molecule has 0 aliphatic carbocycles. The number of aromatic nitrogens is 4. The fourth-order valence-corrected chi connectivity index (χ4v) is 3.18. The lowest BCUT2D eigenvalue weighted by Crippen LogP contribution is -2.17. The molecule has 160 valence electrons. The first-order valence-electron chi connectivity index (χ1n) is 8.67. The summed E-state index contributed by atoms with van der Waals surface area (Å²) in [5, 5.41) is 14.4. The largest absolute Gasteiger partial charge is 0.508 e. The second-order valence-corrected chi connectivity index (χ2v) is 6.88. The van der Waals surface area contributed by atoms with Crippen molar-refractivity contribution in [2.75, 3.05) is 0 Å². The summed E-state index contributed by atoms with van der Waals surface area (Å²) < 4.78 is 45.2. The summed E-state index contributed by atoms with van der Waals surface area (Å²) in [4.78, 5) is 26.3. The van der Waals surface area contributed by atoms with Gasteiger partial charge in [-0.3, -0.25) is 4.57 Å². The number of alkyl halides is 3. The van der Waals surface area contributed by atoms with Gasteiger partial charge in [-0.1, -0.05) is 11.6 Å². The highest BCUT2D eigenvalue weighted by Gasteiger charge is 2.30. The van der Waals surface area contributed by atoms with Crippen molar-refractivity contribution < 1.29 is 22.7 Å². The average molecular weight is 453 g/mol. The number of aromatic amines is 1. The van der Waals surface area contributed by atoms with Gasteiger partial charge in [0, 0.05) is 29.6 Å². The third-order valence-electron chi connectivity index (χ3n) is 4.44. The number of phenolic OH excluding ortho intramolecular Hbond substituents is 1. The molecule has 4 rings (SSSR count). The first-order chi connectivity index (χ1) is 14.6. The van der Waals surface area contributed by atoms with Crippen LogP contribution >= 0.6 is 11.6 Å². The van der Waals surface area contributed by atoms with Gasteiger partial charge >= 0.3 is 17.6 Å². The fourth-order valence-electron chi connectivity index (χ4n) is 2.90. The Morgan fingerprint density at radius 3 is 2.48 bits per heavy atom. The summed E-state index contributed by atoms with van der Waals surface area (Å²) in [7, 11) is 0. The molecule has 0 spiro atoms. The summed E-state index contributed by atoms with van der Waals surface area (Å²) in [6.45, 7) is -0.225. The van der Waals surface area contributed by atoms with Crippen LogP contribution in [0.25, 0.3) is 17.1 Å². The Kier molecular flexibility index (Phi) is 4.97. The van der Waals surface area contributed by atoms with Gasteiger partial charge < -0.3 is 14.5 Å². The Bertz CT molecular complexity index is 1370. The van der Waals surface area contributed by atoms with Gasteiger partial charge in [0.1, 0.15) is 5.75 Å². The van der Waals surface area contributed by atoms with Gasteiger partial charge in [0.15, 0.2) is 0 Å². The number of phenols is 1. The van der Waals surface area contributed by atoms with E-state index in [1.54, 1.807) is 0 Å². The van der Waals surface area contributed by atoms with Gasteiger partial charge in [-0.15, -0.1) is 5.10 Å². The van der Waals surface area contributed by atoms with E-state index in [1.165, 1.54) is 29.1 Å². The van der Waals surface area contributed by atoms with Gasteiger partial charge in [-0.25, -0.2) is 9.59 Å². The van der Waals surface area contributed by atoms with Crippen molar-refractivity contribution in [2.24, 2.45) is 0 Å². The number of aromatic hydroxyl groups is 1. The molecule has 0 fully saturated rings. The number of hydrogen-bond donors (Lipinski definition) is 2. The van der Waals surface area contributed by atoms with E-state index < -0.39 is 23.2 Å². The molecule has 12 heteroatoms. The lowest BCUT2D eigenvalue weighted by Gasteiger charge is -2.09. The third-order valence-corrected chi connectivity index (χ3v) is 4.75. The molecule has 2 N–H and O–H groups in total. The second kappa shape index (κ2) is 7.51. The number of hydrogen-bond acceptors (Lipinski definition) is 5. The van der Waals surface area contributed by atoms with Crippen molar-refractivity contribution in [3.05, 3.63) is 86.0 Å². The van der Waals surface area contributed by atoms with E-state index in [4.69, 9.17) is 16.0 Å². The van der Waals surface area contributed by atoms with Crippen molar-refractivity contribution in [3.8, 4) is 22.9 Å². The monoisotopic (exact) mass is 452 g/mol. The molecule has 0 radical (unpaired) electrons. The molecule has 31 heavy (non-hydrogen) atoms. The Morgan fingerprint density at radius 1 is 1.16 bits per heavy atom. The molecule has 4 aromatic rings. The number of halogens is 4. The van der Waals surface area contributed by atoms with Gasteiger partial charge in [0.25, 0.3) is 0 Å². The topological polar surface area (TPSA) is 106 Å². The fraction of sp³-hybridized carbons (Fsp3) is 0.105. The van der Waals surface area contributed by atoms with E-state index in [-0.39, 0.29) is 40.0 Å². The molecule has 0 saturated heterocycles. The van der Waals surface area contributed by atoms with E-state index in [0.29, 0.717) is 0 Å². The number of benzene rings is 2. The molecular formula is C19H12ClF3N4O4. The lowest BCUT2D eigenvalue weighted by atomic mass is 10.1. The smallest absolute Gasteiger partial charge is 0.437 e. The van der Waals surface area contributed by atoms with Crippen LogP contribution in [0.5, 0.6) is 5.75 Å². The number of H-pyrrole nitrogens is 1. The van der Waals surface area contributed by atoms with Crippen LogP contribution in [0.3, 0.4) is 0 Å². The van der Waals surface area contributed by atoms with Crippen molar-refractivity contribution in [1.29, 1.82) is 0 Å². The number of rotatable bonds is 4. The quantitative estimate of drug-likeness (QED) is 0.493. The van der Waals surface area contributed by atoms with E-state index in [9.17, 15) is 27.9 Å². The number of nitrogens with one attached hydrogen (secondary N) is 1. The maximum atomic E-state index is 12.7. The maximum Gasteiger partial charge on any atom is 0.437 e. The van der Waals surface area contributed by atoms with E-state index >= 15 is 0 Å². The minimum atomic E-state index is -4.49. The highest BCUT2D eigenvalue weighted by atomic mass is 35.5. The van der Waals surface area contributed by atoms with E-state index in [1.807, 2.05) is 0 Å². The van der Waals surface area contributed by atoms with Gasteiger partial charge in [-0.2, -0.15) is 17.9 Å². The number of imidazole rings is 1. The van der Waals surface area contributed by atoms with Crippen molar-refractivity contribution in [1.82, 2.24) is 19.3 Å². The lowest BCUT2D eigenvalue weighted by molar-refractivity contribution is -0.137. The predicted molar refractivity (Wildman–Crippen MR) is 103 cm³/mol. The third kappa shape index (κ3) is 3.99. The Labute approximate surface area is 175 Å². The molecule has 0 bridgehead atoms. The van der Waals surface area contributed by atoms with E-state index in [0.717, 1.165) is 28.9 Å². The van der Waals surface area contributed by atoms with Crippen molar-refractivity contribution in [2.45, 2.75) is 12.7 Å². The number of nitrogens with zero attached hydrogens (tertiary/aromatic N) is 3.